The van der Waals surface area contributed by atoms with E-state index in [-0.39, 0.29) is 17.7 Å². The van der Waals surface area contributed by atoms with Crippen molar-refractivity contribution in [1.82, 2.24) is 18.9 Å². The molecule has 0 saturated carbocycles. The van der Waals surface area contributed by atoms with Gasteiger partial charge in [0.2, 0.25) is 0 Å². The van der Waals surface area contributed by atoms with Crippen LogP contribution in [0, 0.1) is 6.92 Å². The van der Waals surface area contributed by atoms with Crippen LogP contribution in [-0.2, 0) is 6.54 Å². The van der Waals surface area contributed by atoms with Gasteiger partial charge in [0.25, 0.3) is 11.1 Å². The van der Waals surface area contributed by atoms with Crippen molar-refractivity contribution in [3.05, 3.63) is 74.1 Å². The summed E-state index contributed by atoms with van der Waals surface area (Å²) in [6, 6.07) is 6.91. The normalized spacial score (nSPS) is 11.3. The van der Waals surface area contributed by atoms with Gasteiger partial charge in [0.1, 0.15) is 10.5 Å². The number of rotatable bonds is 2. The number of hydrogen-bond donors (Lipinski definition) is 0. The fourth-order valence-corrected chi connectivity index (χ4v) is 3.24. The molecule has 4 rings (SSSR count). The zero-order valence-electron chi connectivity index (χ0n) is 12.3. The molecule has 0 aliphatic heterocycles. The maximum Gasteiger partial charge on any atom is 0.262 e. The van der Waals surface area contributed by atoms with Crippen molar-refractivity contribution in [3.63, 3.8) is 0 Å². The van der Waals surface area contributed by atoms with Crippen LogP contribution in [0.15, 0.2) is 51.8 Å². The minimum absolute atomic E-state index is 0.123. The SMILES string of the molecule is Cc1ccn2c(=O)cc(Cn3cnc4sccc4c3=O)nc2c1. The standard InChI is InChI=1S/C16H12N4O2S/c1-10-2-4-20-13(6-10)18-11(7-14(20)21)8-19-9-17-15-12(16(19)22)3-5-23-15/h2-7,9H,8H2,1H3. The van der Waals surface area contributed by atoms with Crippen LogP contribution in [0.1, 0.15) is 11.3 Å². The number of hydrogen-bond acceptors (Lipinski definition) is 5. The quantitative estimate of drug-likeness (QED) is 0.564. The van der Waals surface area contributed by atoms with Crippen molar-refractivity contribution in [2.24, 2.45) is 0 Å². The van der Waals surface area contributed by atoms with Gasteiger partial charge in [-0.1, -0.05) is 0 Å². The number of aromatic nitrogens is 4. The number of nitrogens with zero attached hydrogens (tertiary/aromatic N) is 4. The Balaban J connectivity index is 1.84. The van der Waals surface area contributed by atoms with Crippen LogP contribution in [0.25, 0.3) is 15.9 Å². The molecular weight excluding hydrogens is 312 g/mol. The number of fused-ring (bicyclic) bond motifs is 2. The van der Waals surface area contributed by atoms with Gasteiger partial charge in [0, 0.05) is 12.3 Å². The Morgan fingerprint density at radius 3 is 2.96 bits per heavy atom. The van der Waals surface area contributed by atoms with Crippen LogP contribution < -0.4 is 11.1 Å². The molecule has 4 aromatic rings. The third-order valence-corrected chi connectivity index (χ3v) is 4.48. The van der Waals surface area contributed by atoms with Gasteiger partial charge in [-0.05, 0) is 36.1 Å². The smallest absolute Gasteiger partial charge is 0.262 e. The van der Waals surface area contributed by atoms with E-state index in [4.69, 9.17) is 0 Å². The summed E-state index contributed by atoms with van der Waals surface area (Å²) in [5.41, 5.74) is 1.85. The molecule has 0 aliphatic rings. The molecule has 0 unspecified atom stereocenters. The fourth-order valence-electron chi connectivity index (χ4n) is 2.52. The summed E-state index contributed by atoms with van der Waals surface area (Å²) >= 11 is 1.43. The van der Waals surface area contributed by atoms with Gasteiger partial charge in [-0.15, -0.1) is 11.3 Å². The molecule has 0 spiro atoms. The predicted molar refractivity (Wildman–Crippen MR) is 89.2 cm³/mol. The van der Waals surface area contributed by atoms with E-state index in [2.05, 4.69) is 9.97 Å². The van der Waals surface area contributed by atoms with E-state index in [9.17, 15) is 9.59 Å². The van der Waals surface area contributed by atoms with Crippen LogP contribution in [0.5, 0.6) is 0 Å². The highest BCUT2D eigenvalue weighted by molar-refractivity contribution is 7.16. The molecule has 23 heavy (non-hydrogen) atoms. The summed E-state index contributed by atoms with van der Waals surface area (Å²) in [6.45, 7) is 2.16. The Labute approximate surface area is 134 Å². The van der Waals surface area contributed by atoms with E-state index in [0.29, 0.717) is 21.6 Å². The van der Waals surface area contributed by atoms with Crippen molar-refractivity contribution in [3.8, 4) is 0 Å². The maximum atomic E-state index is 12.4. The van der Waals surface area contributed by atoms with Crippen molar-refractivity contribution in [2.75, 3.05) is 0 Å². The zero-order chi connectivity index (χ0) is 16.0. The van der Waals surface area contributed by atoms with Crippen LogP contribution in [0.3, 0.4) is 0 Å². The van der Waals surface area contributed by atoms with E-state index in [1.165, 1.54) is 32.7 Å². The summed E-state index contributed by atoms with van der Waals surface area (Å²) in [5, 5.41) is 2.43. The molecule has 0 saturated heterocycles. The van der Waals surface area contributed by atoms with Gasteiger partial charge in [0.05, 0.1) is 24.0 Å². The third kappa shape index (κ3) is 2.35. The summed E-state index contributed by atoms with van der Waals surface area (Å²) < 4.78 is 2.96. The number of thiophene rings is 1. The van der Waals surface area contributed by atoms with Gasteiger partial charge in [-0.2, -0.15) is 0 Å². The Bertz CT molecular complexity index is 1160. The van der Waals surface area contributed by atoms with E-state index >= 15 is 0 Å². The lowest BCUT2D eigenvalue weighted by molar-refractivity contribution is 0.727. The Morgan fingerprint density at radius 1 is 1.22 bits per heavy atom. The highest BCUT2D eigenvalue weighted by Crippen LogP contribution is 2.13. The number of aryl methyl sites for hydroxylation is 1. The van der Waals surface area contributed by atoms with Crippen molar-refractivity contribution in [1.29, 1.82) is 0 Å². The topological polar surface area (TPSA) is 69.3 Å². The third-order valence-electron chi connectivity index (χ3n) is 3.66. The first-order valence-corrected chi connectivity index (χ1v) is 7.91. The molecule has 7 heteroatoms. The van der Waals surface area contributed by atoms with E-state index in [0.717, 1.165) is 5.56 Å². The lowest BCUT2D eigenvalue weighted by Crippen LogP contribution is -2.23. The minimum Gasteiger partial charge on any atom is -0.293 e. The minimum atomic E-state index is -0.164. The lowest BCUT2D eigenvalue weighted by atomic mass is 10.3. The first kappa shape index (κ1) is 13.8. The second-order valence-electron chi connectivity index (χ2n) is 5.34. The average Bonchev–Trinajstić information content (AvgIpc) is 2.99. The van der Waals surface area contributed by atoms with Crippen molar-refractivity contribution in [2.45, 2.75) is 13.5 Å². The molecule has 4 heterocycles. The van der Waals surface area contributed by atoms with E-state index < -0.39 is 0 Å². The first-order valence-electron chi connectivity index (χ1n) is 7.03. The average molecular weight is 324 g/mol. The zero-order valence-corrected chi connectivity index (χ0v) is 13.1. The van der Waals surface area contributed by atoms with Gasteiger partial charge in [-0.3, -0.25) is 18.6 Å². The summed E-state index contributed by atoms with van der Waals surface area (Å²) in [6.07, 6.45) is 3.20. The molecule has 0 aromatic carbocycles. The second-order valence-corrected chi connectivity index (χ2v) is 6.23. The molecule has 114 valence electrons. The molecule has 0 fully saturated rings. The molecule has 0 radical (unpaired) electrons. The molecule has 0 bridgehead atoms. The monoisotopic (exact) mass is 324 g/mol. The van der Waals surface area contributed by atoms with Gasteiger partial charge in [0.15, 0.2) is 0 Å². The number of pyridine rings is 1. The maximum absolute atomic E-state index is 12.4. The Morgan fingerprint density at radius 2 is 2.09 bits per heavy atom. The first-order chi connectivity index (χ1) is 11.1. The largest absolute Gasteiger partial charge is 0.293 e. The van der Waals surface area contributed by atoms with Crippen LogP contribution in [-0.4, -0.2) is 18.9 Å². The van der Waals surface area contributed by atoms with E-state index in [1.807, 2.05) is 24.4 Å². The van der Waals surface area contributed by atoms with Crippen molar-refractivity contribution < 1.29 is 0 Å². The summed E-state index contributed by atoms with van der Waals surface area (Å²) in [7, 11) is 0. The fraction of sp³-hybridized carbons (Fsp3) is 0.125. The molecule has 0 atom stereocenters. The molecule has 0 N–H and O–H groups in total. The molecule has 6 nitrogen and oxygen atoms in total. The predicted octanol–water partition coefficient (Wildman–Crippen LogP) is 1.82. The molecule has 0 amide bonds. The Hall–Kier alpha value is -2.80. The van der Waals surface area contributed by atoms with Gasteiger partial charge >= 0.3 is 0 Å². The highest BCUT2D eigenvalue weighted by Gasteiger charge is 2.08. The van der Waals surface area contributed by atoms with Gasteiger partial charge < -0.3 is 0 Å². The van der Waals surface area contributed by atoms with Crippen LogP contribution in [0.4, 0.5) is 0 Å². The molecule has 0 aliphatic carbocycles. The highest BCUT2D eigenvalue weighted by atomic mass is 32.1. The molecular formula is C16H12N4O2S. The Kier molecular flexibility index (Phi) is 3.09. The summed E-state index contributed by atoms with van der Waals surface area (Å²) in [5.74, 6) is 0. The van der Waals surface area contributed by atoms with Gasteiger partial charge in [-0.25, -0.2) is 9.97 Å². The lowest BCUT2D eigenvalue weighted by Gasteiger charge is -2.07. The van der Waals surface area contributed by atoms with Crippen molar-refractivity contribution >= 4 is 27.2 Å². The van der Waals surface area contributed by atoms with E-state index in [1.54, 1.807) is 12.3 Å². The second kappa shape index (κ2) is 5.13. The summed E-state index contributed by atoms with van der Waals surface area (Å²) in [4.78, 5) is 34.1. The molecule has 4 aromatic heterocycles. The van der Waals surface area contributed by atoms with Crippen LogP contribution in [0.2, 0.25) is 0 Å². The van der Waals surface area contributed by atoms with Crippen LogP contribution >= 0.6 is 11.3 Å².